The van der Waals surface area contributed by atoms with E-state index < -0.39 is 5.97 Å². The summed E-state index contributed by atoms with van der Waals surface area (Å²) < 4.78 is 6.55. The molecule has 2 N–H and O–H groups in total. The molecule has 116 valence electrons. The predicted molar refractivity (Wildman–Crippen MR) is 83.3 cm³/mol. The first-order chi connectivity index (χ1) is 9.97. The van der Waals surface area contributed by atoms with Crippen LogP contribution in [0.3, 0.4) is 0 Å². The van der Waals surface area contributed by atoms with E-state index in [9.17, 15) is 9.59 Å². The molecule has 21 heavy (non-hydrogen) atoms. The fraction of sp³-hybridized carbons (Fsp3) is 0.467. The summed E-state index contributed by atoms with van der Waals surface area (Å²) in [5.41, 5.74) is 0. The minimum atomic E-state index is -0.911. The van der Waals surface area contributed by atoms with Crippen molar-refractivity contribution in [1.29, 1.82) is 0 Å². The third kappa shape index (κ3) is 8.34. The zero-order chi connectivity index (χ0) is 15.7. The Hall–Kier alpha value is -1.56. The molecule has 0 saturated carbocycles. The van der Waals surface area contributed by atoms with Crippen molar-refractivity contribution in [1.82, 2.24) is 5.32 Å². The second-order valence-corrected chi connectivity index (χ2v) is 5.74. The highest BCUT2D eigenvalue weighted by Crippen LogP contribution is 2.16. The van der Waals surface area contributed by atoms with Gasteiger partial charge in [-0.3, -0.25) is 9.59 Å². The maximum Gasteiger partial charge on any atom is 0.305 e. The molecule has 0 bridgehead atoms. The molecular weight excluding hydrogens is 338 g/mol. The highest BCUT2D eigenvalue weighted by atomic mass is 79.9. The smallest absolute Gasteiger partial charge is 0.305 e. The van der Waals surface area contributed by atoms with Gasteiger partial charge in [-0.15, -0.1) is 0 Å². The molecule has 6 heteroatoms. The lowest BCUT2D eigenvalue weighted by atomic mass is 10.2. The number of benzene rings is 1. The van der Waals surface area contributed by atoms with Crippen LogP contribution >= 0.6 is 15.9 Å². The van der Waals surface area contributed by atoms with E-state index in [1.54, 1.807) is 6.92 Å². The van der Waals surface area contributed by atoms with E-state index in [-0.39, 0.29) is 18.4 Å². The van der Waals surface area contributed by atoms with E-state index in [1.165, 1.54) is 0 Å². The third-order valence-corrected chi connectivity index (χ3v) is 3.30. The molecule has 1 aromatic rings. The van der Waals surface area contributed by atoms with E-state index in [1.807, 2.05) is 24.3 Å². The normalized spacial score (nSPS) is 11.7. The van der Waals surface area contributed by atoms with Gasteiger partial charge in [-0.2, -0.15) is 0 Å². The maximum absolute atomic E-state index is 11.6. The molecular formula is C15H20BrNO4. The lowest BCUT2D eigenvalue weighted by Gasteiger charge is -2.11. The van der Waals surface area contributed by atoms with Crippen LogP contribution in [0.1, 0.15) is 32.6 Å². The van der Waals surface area contributed by atoms with Gasteiger partial charge in [0.25, 0.3) is 0 Å². The summed E-state index contributed by atoms with van der Waals surface area (Å²) in [5, 5.41) is 11.3. The van der Waals surface area contributed by atoms with Crippen molar-refractivity contribution < 1.29 is 19.4 Å². The molecule has 0 saturated heterocycles. The molecule has 1 rings (SSSR count). The summed E-state index contributed by atoms with van der Waals surface area (Å²) in [7, 11) is 0. The number of amides is 1. The highest BCUT2D eigenvalue weighted by molar-refractivity contribution is 9.10. The predicted octanol–water partition coefficient (Wildman–Crippen LogP) is 2.98. The van der Waals surface area contributed by atoms with E-state index >= 15 is 0 Å². The number of hydrogen-bond donors (Lipinski definition) is 2. The Morgan fingerprint density at radius 1 is 1.29 bits per heavy atom. The van der Waals surface area contributed by atoms with Gasteiger partial charge >= 0.3 is 5.97 Å². The molecule has 0 spiro atoms. The lowest BCUT2D eigenvalue weighted by Crippen LogP contribution is -2.34. The van der Waals surface area contributed by atoms with Crippen LogP contribution in [-0.2, 0) is 9.59 Å². The van der Waals surface area contributed by atoms with Crippen molar-refractivity contribution in [3.8, 4) is 5.75 Å². The summed E-state index contributed by atoms with van der Waals surface area (Å²) >= 11 is 3.35. The van der Waals surface area contributed by atoms with Crippen LogP contribution < -0.4 is 10.1 Å². The van der Waals surface area contributed by atoms with E-state index in [4.69, 9.17) is 9.84 Å². The van der Waals surface area contributed by atoms with Gasteiger partial charge in [-0.1, -0.05) is 15.9 Å². The van der Waals surface area contributed by atoms with Crippen LogP contribution in [0.25, 0.3) is 0 Å². The van der Waals surface area contributed by atoms with Gasteiger partial charge in [0.15, 0.2) is 0 Å². The van der Waals surface area contributed by atoms with Gasteiger partial charge in [0.2, 0.25) is 5.91 Å². The van der Waals surface area contributed by atoms with Crippen LogP contribution in [0.15, 0.2) is 28.7 Å². The van der Waals surface area contributed by atoms with Crippen molar-refractivity contribution >= 4 is 27.8 Å². The first-order valence-corrected chi connectivity index (χ1v) is 7.66. The molecule has 1 aromatic carbocycles. The second kappa shape index (κ2) is 9.39. The number of unbranched alkanes of at least 4 members (excludes halogenated alkanes) is 1. The number of ether oxygens (including phenoxy) is 1. The molecule has 0 heterocycles. The van der Waals surface area contributed by atoms with Gasteiger partial charge in [-0.25, -0.2) is 0 Å². The van der Waals surface area contributed by atoms with Gasteiger partial charge in [0.05, 0.1) is 13.0 Å². The van der Waals surface area contributed by atoms with E-state index in [0.717, 1.165) is 16.6 Å². The minimum absolute atomic E-state index is 0.0571. The Morgan fingerprint density at radius 3 is 2.57 bits per heavy atom. The first-order valence-electron chi connectivity index (χ1n) is 6.87. The zero-order valence-corrected chi connectivity index (χ0v) is 13.6. The molecule has 0 aliphatic rings. The van der Waals surface area contributed by atoms with Crippen molar-refractivity contribution in [3.63, 3.8) is 0 Å². The van der Waals surface area contributed by atoms with Crippen LogP contribution in [-0.4, -0.2) is 29.6 Å². The molecule has 5 nitrogen and oxygen atoms in total. The molecule has 0 aromatic heterocycles. The van der Waals surface area contributed by atoms with Crippen LogP contribution in [0.4, 0.5) is 0 Å². The Morgan fingerprint density at radius 2 is 1.95 bits per heavy atom. The number of aliphatic carboxylic acids is 1. The Labute approximate surface area is 132 Å². The highest BCUT2D eigenvalue weighted by Gasteiger charge is 2.10. The fourth-order valence-corrected chi connectivity index (χ4v) is 2.03. The Kier molecular flexibility index (Phi) is 7.82. The zero-order valence-electron chi connectivity index (χ0n) is 12.0. The quantitative estimate of drug-likeness (QED) is 0.666. The molecule has 0 fully saturated rings. The van der Waals surface area contributed by atoms with Crippen LogP contribution in [0, 0.1) is 0 Å². The van der Waals surface area contributed by atoms with Gasteiger partial charge in [-0.05, 0) is 44.0 Å². The van der Waals surface area contributed by atoms with Crippen molar-refractivity contribution in [2.75, 3.05) is 6.61 Å². The Balaban J connectivity index is 2.09. The number of rotatable bonds is 9. The van der Waals surface area contributed by atoms with Crippen molar-refractivity contribution in [3.05, 3.63) is 28.7 Å². The van der Waals surface area contributed by atoms with Crippen molar-refractivity contribution in [2.24, 2.45) is 0 Å². The van der Waals surface area contributed by atoms with Crippen molar-refractivity contribution in [2.45, 2.75) is 38.6 Å². The van der Waals surface area contributed by atoms with Crippen LogP contribution in [0.2, 0.25) is 0 Å². The summed E-state index contributed by atoms with van der Waals surface area (Å²) in [6, 6.07) is 7.24. The topological polar surface area (TPSA) is 75.6 Å². The maximum atomic E-state index is 11.6. The average molecular weight is 358 g/mol. The number of halogens is 1. The second-order valence-electron chi connectivity index (χ2n) is 4.83. The van der Waals surface area contributed by atoms with Gasteiger partial charge < -0.3 is 15.2 Å². The largest absolute Gasteiger partial charge is 0.494 e. The van der Waals surface area contributed by atoms with E-state index in [0.29, 0.717) is 19.4 Å². The van der Waals surface area contributed by atoms with Gasteiger partial charge in [0, 0.05) is 16.9 Å². The van der Waals surface area contributed by atoms with E-state index in [2.05, 4.69) is 21.2 Å². The summed E-state index contributed by atoms with van der Waals surface area (Å²) in [6.07, 6.45) is 1.81. The number of carboxylic acids is 1. The number of carboxylic acid groups (broad SMARTS) is 1. The SMILES string of the molecule is CC(CC(=O)O)NC(=O)CCCCOc1ccc(Br)cc1. The summed E-state index contributed by atoms with van der Waals surface area (Å²) in [4.78, 5) is 22.0. The number of carbonyl (C=O) groups excluding carboxylic acids is 1. The minimum Gasteiger partial charge on any atom is -0.494 e. The van der Waals surface area contributed by atoms with Crippen LogP contribution in [0.5, 0.6) is 5.75 Å². The number of nitrogens with one attached hydrogen (secondary N) is 1. The molecule has 1 unspecified atom stereocenters. The number of hydrogen-bond acceptors (Lipinski definition) is 3. The summed E-state index contributed by atoms with van der Waals surface area (Å²) in [5.74, 6) is -0.226. The molecule has 0 radical (unpaired) electrons. The van der Waals surface area contributed by atoms with Gasteiger partial charge in [0.1, 0.15) is 5.75 Å². The summed E-state index contributed by atoms with van der Waals surface area (Å²) in [6.45, 7) is 2.24. The first kappa shape index (κ1) is 17.5. The fourth-order valence-electron chi connectivity index (χ4n) is 1.77. The molecule has 1 atom stereocenters. The number of carbonyl (C=O) groups is 2. The monoisotopic (exact) mass is 357 g/mol. The molecule has 0 aliphatic heterocycles. The third-order valence-electron chi connectivity index (χ3n) is 2.77. The lowest BCUT2D eigenvalue weighted by molar-refractivity contribution is -0.137. The molecule has 0 aliphatic carbocycles. The Bertz CT molecular complexity index is 461. The molecule has 1 amide bonds. The standard InChI is InChI=1S/C15H20BrNO4/c1-11(10-15(19)20)17-14(18)4-2-3-9-21-13-7-5-12(16)6-8-13/h5-8,11H,2-4,9-10H2,1H3,(H,17,18)(H,19,20). The average Bonchev–Trinajstić information content (AvgIpc) is 2.39.